The van der Waals surface area contributed by atoms with Crippen molar-refractivity contribution in [1.82, 2.24) is 10.2 Å². The molecule has 18 heavy (non-hydrogen) atoms. The van der Waals surface area contributed by atoms with E-state index in [1.54, 1.807) is 0 Å². The van der Waals surface area contributed by atoms with E-state index in [9.17, 15) is 9.59 Å². The van der Waals surface area contributed by atoms with Gasteiger partial charge in [-0.2, -0.15) is 12.6 Å². The molecule has 0 unspecified atom stereocenters. The Morgan fingerprint density at radius 2 is 1.94 bits per heavy atom. The van der Waals surface area contributed by atoms with E-state index in [-0.39, 0.29) is 23.6 Å². The summed E-state index contributed by atoms with van der Waals surface area (Å²) in [5.41, 5.74) is 1.31. The SMILES string of the molecule is O=C(CCS)Nc1c(-c2ccccc2)[nH][nH]c1=O. The van der Waals surface area contributed by atoms with Crippen LogP contribution in [-0.2, 0) is 4.79 Å². The molecule has 0 radical (unpaired) electrons. The summed E-state index contributed by atoms with van der Waals surface area (Å²) in [5, 5.41) is 7.83. The van der Waals surface area contributed by atoms with Crippen molar-refractivity contribution in [2.24, 2.45) is 0 Å². The van der Waals surface area contributed by atoms with Gasteiger partial charge in [0.15, 0.2) is 0 Å². The quantitative estimate of drug-likeness (QED) is 0.633. The van der Waals surface area contributed by atoms with Gasteiger partial charge < -0.3 is 5.32 Å². The summed E-state index contributed by atoms with van der Waals surface area (Å²) in [6, 6.07) is 9.31. The van der Waals surface area contributed by atoms with Crippen LogP contribution >= 0.6 is 12.6 Å². The fourth-order valence-corrected chi connectivity index (χ4v) is 1.80. The molecule has 1 aromatic heterocycles. The fraction of sp³-hybridized carbons (Fsp3) is 0.167. The maximum Gasteiger partial charge on any atom is 0.288 e. The Balaban J connectivity index is 2.34. The van der Waals surface area contributed by atoms with E-state index in [4.69, 9.17) is 0 Å². The number of hydrogen-bond donors (Lipinski definition) is 4. The van der Waals surface area contributed by atoms with Gasteiger partial charge in [0.2, 0.25) is 5.91 Å². The minimum Gasteiger partial charge on any atom is -0.320 e. The lowest BCUT2D eigenvalue weighted by molar-refractivity contribution is -0.115. The summed E-state index contributed by atoms with van der Waals surface area (Å²) >= 11 is 3.98. The summed E-state index contributed by atoms with van der Waals surface area (Å²) in [6.45, 7) is 0. The highest BCUT2D eigenvalue weighted by molar-refractivity contribution is 7.80. The van der Waals surface area contributed by atoms with Gasteiger partial charge in [-0.15, -0.1) is 0 Å². The molecular formula is C12H13N3O2S. The minimum atomic E-state index is -0.346. The van der Waals surface area contributed by atoms with Crippen LogP contribution in [0.2, 0.25) is 0 Å². The van der Waals surface area contributed by atoms with Crippen molar-refractivity contribution in [2.45, 2.75) is 6.42 Å². The third-order valence-corrected chi connectivity index (χ3v) is 2.67. The number of aromatic amines is 2. The number of carbonyl (C=O) groups excluding carboxylic acids is 1. The molecule has 0 aliphatic carbocycles. The van der Waals surface area contributed by atoms with Crippen LogP contribution in [0.15, 0.2) is 35.1 Å². The summed E-state index contributed by atoms with van der Waals surface area (Å²) in [5.74, 6) is 0.210. The van der Waals surface area contributed by atoms with Crippen molar-refractivity contribution in [3.63, 3.8) is 0 Å². The molecule has 1 aromatic carbocycles. The molecule has 0 aliphatic rings. The summed E-state index contributed by atoms with van der Waals surface area (Å²) in [7, 11) is 0. The first-order chi connectivity index (χ1) is 8.72. The smallest absolute Gasteiger partial charge is 0.288 e. The molecule has 6 heteroatoms. The van der Waals surface area contributed by atoms with Crippen LogP contribution in [0.25, 0.3) is 11.3 Å². The van der Waals surface area contributed by atoms with Crippen molar-refractivity contribution in [3.05, 3.63) is 40.7 Å². The van der Waals surface area contributed by atoms with Crippen molar-refractivity contribution < 1.29 is 4.79 Å². The van der Waals surface area contributed by atoms with Crippen LogP contribution in [-0.4, -0.2) is 21.9 Å². The average molecular weight is 263 g/mol. The first-order valence-electron chi connectivity index (χ1n) is 5.49. The predicted molar refractivity (Wildman–Crippen MR) is 73.9 cm³/mol. The first-order valence-corrected chi connectivity index (χ1v) is 6.12. The van der Waals surface area contributed by atoms with Gasteiger partial charge in [-0.3, -0.25) is 19.8 Å². The second-order valence-electron chi connectivity index (χ2n) is 3.72. The van der Waals surface area contributed by atoms with Gasteiger partial charge in [0.25, 0.3) is 5.56 Å². The molecule has 0 bridgehead atoms. The minimum absolute atomic E-state index is 0.229. The zero-order valence-corrected chi connectivity index (χ0v) is 10.5. The molecule has 3 N–H and O–H groups in total. The van der Waals surface area contributed by atoms with E-state index in [0.29, 0.717) is 11.4 Å². The Labute approximate surface area is 109 Å². The van der Waals surface area contributed by atoms with Gasteiger partial charge in [-0.1, -0.05) is 30.3 Å². The topological polar surface area (TPSA) is 77.8 Å². The highest BCUT2D eigenvalue weighted by Gasteiger charge is 2.13. The Morgan fingerprint density at radius 1 is 1.22 bits per heavy atom. The molecule has 0 saturated heterocycles. The first kappa shape index (κ1) is 12.5. The molecular weight excluding hydrogens is 250 g/mol. The van der Waals surface area contributed by atoms with Crippen LogP contribution < -0.4 is 10.9 Å². The molecule has 2 aromatic rings. The second kappa shape index (κ2) is 5.59. The Morgan fingerprint density at radius 3 is 2.61 bits per heavy atom. The van der Waals surface area contributed by atoms with Crippen LogP contribution in [0.5, 0.6) is 0 Å². The molecule has 1 amide bonds. The van der Waals surface area contributed by atoms with Crippen molar-refractivity contribution in [1.29, 1.82) is 0 Å². The van der Waals surface area contributed by atoms with E-state index in [0.717, 1.165) is 5.56 Å². The molecule has 2 rings (SSSR count). The van der Waals surface area contributed by atoms with Gasteiger partial charge in [0, 0.05) is 12.0 Å². The highest BCUT2D eigenvalue weighted by atomic mass is 32.1. The maximum absolute atomic E-state index is 11.6. The fourth-order valence-electron chi connectivity index (χ4n) is 1.60. The van der Waals surface area contributed by atoms with Gasteiger partial charge >= 0.3 is 0 Å². The normalized spacial score (nSPS) is 10.3. The van der Waals surface area contributed by atoms with E-state index < -0.39 is 0 Å². The molecule has 0 atom stereocenters. The largest absolute Gasteiger partial charge is 0.320 e. The van der Waals surface area contributed by atoms with Crippen LogP contribution in [0.1, 0.15) is 6.42 Å². The van der Waals surface area contributed by atoms with Crippen molar-refractivity contribution in [3.8, 4) is 11.3 Å². The molecule has 0 saturated carbocycles. The Kier molecular flexibility index (Phi) is 3.88. The van der Waals surface area contributed by atoms with Crippen LogP contribution in [0.3, 0.4) is 0 Å². The zero-order chi connectivity index (χ0) is 13.0. The predicted octanol–water partition coefficient (Wildman–Crippen LogP) is 1.63. The average Bonchev–Trinajstić information content (AvgIpc) is 2.73. The molecule has 0 spiro atoms. The number of carbonyl (C=O) groups is 1. The number of nitrogens with one attached hydrogen (secondary N) is 3. The summed E-state index contributed by atoms with van der Waals surface area (Å²) in [6.07, 6.45) is 0.266. The number of amides is 1. The third-order valence-electron chi connectivity index (χ3n) is 2.44. The van der Waals surface area contributed by atoms with E-state index in [2.05, 4.69) is 28.1 Å². The lowest BCUT2D eigenvalue weighted by atomic mass is 10.1. The van der Waals surface area contributed by atoms with Crippen molar-refractivity contribution >= 4 is 24.2 Å². The van der Waals surface area contributed by atoms with E-state index in [1.807, 2.05) is 30.3 Å². The maximum atomic E-state index is 11.6. The standard InChI is InChI=1S/C12H13N3O2S/c16-9(6-7-18)13-11-10(14-15-12(11)17)8-4-2-1-3-5-8/h1-5,18H,6-7H2,(H,13,16)(H2,14,15,17). The molecule has 0 fully saturated rings. The van der Waals surface area contributed by atoms with Crippen LogP contribution in [0, 0.1) is 0 Å². The molecule has 5 nitrogen and oxygen atoms in total. The van der Waals surface area contributed by atoms with Crippen LogP contribution in [0.4, 0.5) is 5.69 Å². The molecule has 94 valence electrons. The number of anilines is 1. The number of benzene rings is 1. The Bertz CT molecular complexity index is 589. The van der Waals surface area contributed by atoms with Gasteiger partial charge in [0.05, 0.1) is 5.69 Å². The number of thiol groups is 1. The summed E-state index contributed by atoms with van der Waals surface area (Å²) in [4.78, 5) is 23.2. The number of H-pyrrole nitrogens is 2. The monoisotopic (exact) mass is 263 g/mol. The van der Waals surface area contributed by atoms with Crippen molar-refractivity contribution in [2.75, 3.05) is 11.1 Å². The van der Waals surface area contributed by atoms with E-state index in [1.165, 1.54) is 0 Å². The van der Waals surface area contributed by atoms with Gasteiger partial charge in [-0.05, 0) is 5.75 Å². The second-order valence-corrected chi connectivity index (χ2v) is 4.16. The third kappa shape index (κ3) is 2.65. The molecule has 0 aliphatic heterocycles. The Hall–Kier alpha value is -1.95. The van der Waals surface area contributed by atoms with Gasteiger partial charge in [-0.25, -0.2) is 0 Å². The lowest BCUT2D eigenvalue weighted by Gasteiger charge is -2.04. The summed E-state index contributed by atoms with van der Waals surface area (Å²) < 4.78 is 0. The number of hydrogen-bond acceptors (Lipinski definition) is 3. The van der Waals surface area contributed by atoms with Gasteiger partial charge in [0.1, 0.15) is 5.69 Å². The zero-order valence-electron chi connectivity index (χ0n) is 9.56. The van der Waals surface area contributed by atoms with E-state index >= 15 is 0 Å². The number of rotatable bonds is 4. The number of aromatic nitrogens is 2. The lowest BCUT2D eigenvalue weighted by Crippen LogP contribution is -2.17. The molecule has 1 heterocycles. The highest BCUT2D eigenvalue weighted by Crippen LogP contribution is 2.21.